The zero-order valence-corrected chi connectivity index (χ0v) is 19.5. The van der Waals surface area contributed by atoms with Gasteiger partial charge in [0.2, 0.25) is 0 Å². The van der Waals surface area contributed by atoms with Crippen LogP contribution >= 0.6 is 0 Å². The van der Waals surface area contributed by atoms with Crippen LogP contribution in [-0.2, 0) is 24.4 Å². The van der Waals surface area contributed by atoms with Crippen molar-refractivity contribution in [3.63, 3.8) is 0 Å². The molecule has 4 amide bonds. The van der Waals surface area contributed by atoms with Gasteiger partial charge in [0.1, 0.15) is 16.2 Å². The molecule has 3 aromatic rings. The van der Waals surface area contributed by atoms with Gasteiger partial charge < -0.3 is 8.92 Å². The first-order valence-corrected chi connectivity index (χ1v) is 11.8. The quantitative estimate of drug-likeness (QED) is 0.233. The summed E-state index contributed by atoms with van der Waals surface area (Å²) in [5.41, 5.74) is 0.415. The van der Waals surface area contributed by atoms with Gasteiger partial charge in [0, 0.05) is 0 Å². The smallest absolute Gasteiger partial charge is 0.339 e. The number of carbonyl (C=O) groups excluding carboxylic acids is 4. The number of hydrogen-bond donors (Lipinski definition) is 1. The number of nitrogens with zero attached hydrogens (tertiary/aromatic N) is 1. The molecular formula is C25H18N2O8S. The van der Waals surface area contributed by atoms with Gasteiger partial charge in [-0.3, -0.25) is 14.9 Å². The molecule has 11 heteroatoms. The topological polar surface area (TPSA) is 136 Å². The summed E-state index contributed by atoms with van der Waals surface area (Å²) in [6.07, 6.45) is 1.26. The standard InChI is InChI=1S/C25H18N2O8S/c1-34-24(30)17-9-11-18(12-10-17)27-23(29)21(22(28)26-25(27)31)15-16-7-13-19(14-8-16)35-36(32,33)20-5-3-2-4-6-20/h2-15H,1H3,(H,26,28,31)/b21-15+. The van der Waals surface area contributed by atoms with Crippen LogP contribution in [0.5, 0.6) is 5.75 Å². The number of anilines is 1. The Morgan fingerprint density at radius 1 is 0.889 bits per heavy atom. The van der Waals surface area contributed by atoms with Crippen molar-refractivity contribution in [3.8, 4) is 5.75 Å². The first-order valence-electron chi connectivity index (χ1n) is 10.4. The van der Waals surface area contributed by atoms with Crippen molar-refractivity contribution >= 4 is 45.7 Å². The fraction of sp³-hybridized carbons (Fsp3) is 0.0400. The highest BCUT2D eigenvalue weighted by Gasteiger charge is 2.36. The van der Waals surface area contributed by atoms with Crippen LogP contribution in [0.25, 0.3) is 6.08 Å². The van der Waals surface area contributed by atoms with Crippen molar-refractivity contribution in [3.05, 3.63) is 95.6 Å². The molecule has 182 valence electrons. The number of hydrogen-bond acceptors (Lipinski definition) is 8. The van der Waals surface area contributed by atoms with Crippen LogP contribution in [0.15, 0.2) is 89.3 Å². The van der Waals surface area contributed by atoms with Gasteiger partial charge in [-0.2, -0.15) is 8.42 Å². The molecule has 10 nitrogen and oxygen atoms in total. The van der Waals surface area contributed by atoms with E-state index >= 15 is 0 Å². The lowest BCUT2D eigenvalue weighted by Crippen LogP contribution is -2.54. The van der Waals surface area contributed by atoms with Crippen molar-refractivity contribution in [2.45, 2.75) is 4.90 Å². The van der Waals surface area contributed by atoms with E-state index < -0.39 is 33.9 Å². The normalized spacial score (nSPS) is 15.0. The number of carbonyl (C=O) groups is 4. The van der Waals surface area contributed by atoms with Crippen LogP contribution in [0, 0.1) is 0 Å². The van der Waals surface area contributed by atoms with E-state index in [-0.39, 0.29) is 27.5 Å². The van der Waals surface area contributed by atoms with Gasteiger partial charge in [-0.15, -0.1) is 0 Å². The average Bonchev–Trinajstić information content (AvgIpc) is 2.87. The van der Waals surface area contributed by atoms with E-state index in [1.807, 2.05) is 0 Å². The fourth-order valence-corrected chi connectivity index (χ4v) is 4.26. The van der Waals surface area contributed by atoms with Crippen molar-refractivity contribution in [2.24, 2.45) is 0 Å². The SMILES string of the molecule is COC(=O)c1ccc(N2C(=O)NC(=O)/C(=C\c3ccc(OS(=O)(=O)c4ccccc4)cc3)C2=O)cc1. The molecule has 1 heterocycles. The predicted molar refractivity (Wildman–Crippen MR) is 127 cm³/mol. The summed E-state index contributed by atoms with van der Waals surface area (Å²) < 4.78 is 34.5. The number of methoxy groups -OCH3 is 1. The number of ether oxygens (including phenoxy) is 1. The van der Waals surface area contributed by atoms with Crippen LogP contribution in [-0.4, -0.2) is 39.3 Å². The summed E-state index contributed by atoms with van der Waals surface area (Å²) in [7, 11) is -2.81. The molecule has 0 aliphatic carbocycles. The minimum atomic E-state index is -4.03. The molecule has 36 heavy (non-hydrogen) atoms. The number of rotatable bonds is 6. The second-order valence-corrected chi connectivity index (χ2v) is 8.96. The zero-order chi connectivity index (χ0) is 25.9. The summed E-state index contributed by atoms with van der Waals surface area (Å²) in [6, 6.07) is 17.8. The van der Waals surface area contributed by atoms with E-state index in [0.29, 0.717) is 5.56 Å². The number of amides is 4. The third kappa shape index (κ3) is 5.00. The Morgan fingerprint density at radius 2 is 1.53 bits per heavy atom. The van der Waals surface area contributed by atoms with Crippen LogP contribution in [0.1, 0.15) is 15.9 Å². The van der Waals surface area contributed by atoms with Crippen LogP contribution in [0.2, 0.25) is 0 Å². The van der Waals surface area contributed by atoms with Gasteiger partial charge in [0.05, 0.1) is 18.4 Å². The highest BCUT2D eigenvalue weighted by atomic mass is 32.2. The lowest BCUT2D eigenvalue weighted by atomic mass is 10.1. The number of imide groups is 2. The van der Waals surface area contributed by atoms with Crippen molar-refractivity contribution in [1.82, 2.24) is 5.32 Å². The molecule has 0 radical (unpaired) electrons. The first-order chi connectivity index (χ1) is 17.2. The maximum absolute atomic E-state index is 13.0. The van der Waals surface area contributed by atoms with Crippen LogP contribution in [0.3, 0.4) is 0 Å². The summed E-state index contributed by atoms with van der Waals surface area (Å²) in [6.45, 7) is 0. The monoisotopic (exact) mass is 506 g/mol. The van der Waals surface area contributed by atoms with Crippen LogP contribution < -0.4 is 14.4 Å². The van der Waals surface area contributed by atoms with E-state index in [4.69, 9.17) is 4.18 Å². The Hall–Kier alpha value is -4.77. The predicted octanol–water partition coefficient (Wildman–Crippen LogP) is 2.91. The lowest BCUT2D eigenvalue weighted by Gasteiger charge is -2.26. The van der Waals surface area contributed by atoms with Gasteiger partial charge in [-0.25, -0.2) is 14.5 Å². The van der Waals surface area contributed by atoms with Crippen LogP contribution in [0.4, 0.5) is 10.5 Å². The molecule has 1 N–H and O–H groups in total. The third-order valence-corrected chi connectivity index (χ3v) is 6.34. The second-order valence-electron chi connectivity index (χ2n) is 7.42. The van der Waals surface area contributed by atoms with Gasteiger partial charge in [-0.1, -0.05) is 30.3 Å². The Balaban J connectivity index is 1.56. The van der Waals surface area contributed by atoms with Gasteiger partial charge >= 0.3 is 22.1 Å². The summed E-state index contributed by atoms with van der Waals surface area (Å²) in [5, 5.41) is 2.10. The molecule has 0 unspecified atom stereocenters. The molecule has 1 aliphatic rings. The average molecular weight is 506 g/mol. The van der Waals surface area contributed by atoms with Crippen molar-refractivity contribution < 1.29 is 36.5 Å². The largest absolute Gasteiger partial charge is 0.465 e. The molecule has 3 aromatic carbocycles. The van der Waals surface area contributed by atoms with Gasteiger partial charge in [-0.05, 0) is 60.2 Å². The number of benzene rings is 3. The number of barbiturate groups is 1. The molecular weight excluding hydrogens is 488 g/mol. The number of urea groups is 1. The summed E-state index contributed by atoms with van der Waals surface area (Å²) in [4.78, 5) is 50.1. The molecule has 4 rings (SSSR count). The Bertz CT molecular complexity index is 1480. The summed E-state index contributed by atoms with van der Waals surface area (Å²) >= 11 is 0. The summed E-state index contributed by atoms with van der Waals surface area (Å²) in [5.74, 6) is -2.32. The maximum atomic E-state index is 13.0. The van der Waals surface area contributed by atoms with Crippen molar-refractivity contribution in [2.75, 3.05) is 12.0 Å². The Kier molecular flexibility index (Phi) is 6.66. The van der Waals surface area contributed by atoms with E-state index in [0.717, 1.165) is 4.90 Å². The molecule has 1 saturated heterocycles. The van der Waals surface area contributed by atoms with E-state index in [2.05, 4.69) is 10.1 Å². The molecule has 0 bridgehead atoms. The van der Waals surface area contributed by atoms with Crippen molar-refractivity contribution in [1.29, 1.82) is 0 Å². The minimum absolute atomic E-state index is 0.00922. The van der Waals surface area contributed by atoms with Gasteiger partial charge in [0.15, 0.2) is 0 Å². The maximum Gasteiger partial charge on any atom is 0.339 e. The van der Waals surface area contributed by atoms with E-state index in [9.17, 15) is 27.6 Å². The van der Waals surface area contributed by atoms with E-state index in [1.165, 1.54) is 73.8 Å². The lowest BCUT2D eigenvalue weighted by molar-refractivity contribution is -0.122. The van der Waals surface area contributed by atoms with E-state index in [1.54, 1.807) is 18.2 Å². The number of nitrogens with one attached hydrogen (secondary N) is 1. The molecule has 0 saturated carbocycles. The molecule has 0 spiro atoms. The molecule has 0 aromatic heterocycles. The fourth-order valence-electron chi connectivity index (χ4n) is 3.30. The second kappa shape index (κ2) is 9.84. The first kappa shape index (κ1) is 24.4. The molecule has 1 fully saturated rings. The zero-order valence-electron chi connectivity index (χ0n) is 18.7. The minimum Gasteiger partial charge on any atom is -0.465 e. The highest BCUT2D eigenvalue weighted by Crippen LogP contribution is 2.24. The van der Waals surface area contributed by atoms with Gasteiger partial charge in [0.25, 0.3) is 11.8 Å². The Morgan fingerprint density at radius 3 is 2.14 bits per heavy atom. The number of esters is 1. The molecule has 1 aliphatic heterocycles. The Labute approximate surface area is 205 Å². The highest BCUT2D eigenvalue weighted by molar-refractivity contribution is 7.87. The third-order valence-electron chi connectivity index (χ3n) is 5.08. The molecule has 0 atom stereocenters.